The molecule has 1 aliphatic rings. The third-order valence-electron chi connectivity index (χ3n) is 2.86. The summed E-state index contributed by atoms with van der Waals surface area (Å²) in [6.07, 6.45) is 6.52. The van der Waals surface area contributed by atoms with E-state index in [4.69, 9.17) is 11.6 Å². The predicted molar refractivity (Wildman–Crippen MR) is 65.6 cm³/mol. The van der Waals surface area contributed by atoms with Gasteiger partial charge in [0.25, 0.3) is 5.91 Å². The lowest BCUT2D eigenvalue weighted by Gasteiger charge is -2.19. The van der Waals surface area contributed by atoms with Gasteiger partial charge in [-0.05, 0) is 31.4 Å². The highest BCUT2D eigenvalue weighted by molar-refractivity contribution is 6.33. The van der Waals surface area contributed by atoms with Crippen LogP contribution in [0.25, 0.3) is 0 Å². The van der Waals surface area contributed by atoms with Gasteiger partial charge in [0.05, 0.1) is 10.6 Å². The zero-order chi connectivity index (χ0) is 13.1. The van der Waals surface area contributed by atoms with E-state index in [1.54, 1.807) is 0 Å². The van der Waals surface area contributed by atoms with Crippen molar-refractivity contribution in [1.82, 2.24) is 5.32 Å². The maximum absolute atomic E-state index is 13.1. The van der Waals surface area contributed by atoms with Gasteiger partial charge in [-0.3, -0.25) is 4.79 Å². The number of carbonyl (C=O) groups excluding carboxylic acids is 1. The van der Waals surface area contributed by atoms with E-state index in [2.05, 4.69) is 5.32 Å². The number of benzene rings is 1. The van der Waals surface area contributed by atoms with E-state index in [1.807, 2.05) is 12.2 Å². The van der Waals surface area contributed by atoms with Crippen LogP contribution in [0.5, 0.6) is 0 Å². The van der Waals surface area contributed by atoms with Crippen molar-refractivity contribution in [3.05, 3.63) is 46.5 Å². The summed E-state index contributed by atoms with van der Waals surface area (Å²) in [6.45, 7) is 0. The van der Waals surface area contributed by atoms with Crippen molar-refractivity contribution in [2.45, 2.75) is 25.3 Å². The molecule has 0 radical (unpaired) electrons. The smallest absolute Gasteiger partial charge is 0.253 e. The zero-order valence-electron chi connectivity index (χ0n) is 9.55. The monoisotopic (exact) mass is 271 g/mol. The second-order valence-corrected chi connectivity index (χ2v) is 4.61. The fraction of sp³-hybridized carbons (Fsp3) is 0.308. The molecule has 0 aliphatic heterocycles. The predicted octanol–water partition coefficient (Wildman–Crippen LogP) is 3.46. The van der Waals surface area contributed by atoms with Gasteiger partial charge in [-0.25, -0.2) is 8.78 Å². The number of rotatable bonds is 2. The molecule has 0 heterocycles. The first-order valence-corrected chi connectivity index (χ1v) is 6.06. The second-order valence-electron chi connectivity index (χ2n) is 4.20. The first-order chi connectivity index (χ1) is 8.58. The van der Waals surface area contributed by atoms with E-state index < -0.39 is 17.5 Å². The molecule has 1 aliphatic carbocycles. The Morgan fingerprint density at radius 2 is 2.00 bits per heavy atom. The van der Waals surface area contributed by atoms with Crippen molar-refractivity contribution in [3.63, 3.8) is 0 Å². The molecule has 1 atom stereocenters. The molecule has 1 aromatic carbocycles. The minimum atomic E-state index is -1.08. The lowest BCUT2D eigenvalue weighted by atomic mass is 10.0. The summed E-state index contributed by atoms with van der Waals surface area (Å²) < 4.78 is 26.0. The Morgan fingerprint density at radius 3 is 2.67 bits per heavy atom. The van der Waals surface area contributed by atoms with Crippen LogP contribution in [0.4, 0.5) is 8.78 Å². The SMILES string of the molecule is O=C(N[C@H]1CC=CCC1)c1cc(F)c(F)cc1Cl. The van der Waals surface area contributed by atoms with Crippen LogP contribution in [-0.4, -0.2) is 11.9 Å². The normalized spacial score (nSPS) is 18.7. The van der Waals surface area contributed by atoms with Gasteiger partial charge in [0, 0.05) is 6.04 Å². The molecule has 2 rings (SSSR count). The highest BCUT2D eigenvalue weighted by Gasteiger charge is 2.18. The molecule has 0 spiro atoms. The Morgan fingerprint density at radius 1 is 1.28 bits per heavy atom. The molecule has 0 saturated heterocycles. The van der Waals surface area contributed by atoms with Crippen LogP contribution in [-0.2, 0) is 0 Å². The summed E-state index contributed by atoms with van der Waals surface area (Å²) in [5.41, 5.74) is -0.0369. The molecule has 2 nitrogen and oxygen atoms in total. The molecule has 0 saturated carbocycles. The molecule has 1 amide bonds. The number of nitrogens with one attached hydrogen (secondary N) is 1. The van der Waals surface area contributed by atoms with Crippen molar-refractivity contribution in [2.24, 2.45) is 0 Å². The van der Waals surface area contributed by atoms with Gasteiger partial charge >= 0.3 is 0 Å². The van der Waals surface area contributed by atoms with Gasteiger partial charge in [0.1, 0.15) is 0 Å². The Bertz CT molecular complexity index is 502. The van der Waals surface area contributed by atoms with E-state index in [1.165, 1.54) is 0 Å². The third-order valence-corrected chi connectivity index (χ3v) is 3.17. The number of allylic oxidation sites excluding steroid dienone is 1. The summed E-state index contributed by atoms with van der Waals surface area (Å²) in [5.74, 6) is -2.61. The molecule has 18 heavy (non-hydrogen) atoms. The standard InChI is InChI=1S/C13H12ClF2NO/c14-10-7-12(16)11(15)6-9(10)13(18)17-8-4-2-1-3-5-8/h1-2,6-8H,3-5H2,(H,17,18)/t8-/m0/s1. The van der Waals surface area contributed by atoms with Gasteiger partial charge in [-0.15, -0.1) is 0 Å². The number of hydrogen-bond acceptors (Lipinski definition) is 1. The number of hydrogen-bond donors (Lipinski definition) is 1. The first kappa shape index (κ1) is 13.0. The summed E-state index contributed by atoms with van der Waals surface area (Å²) >= 11 is 5.73. The Balaban J connectivity index is 2.13. The van der Waals surface area contributed by atoms with E-state index in [-0.39, 0.29) is 16.6 Å². The molecule has 96 valence electrons. The molecule has 0 bridgehead atoms. The second kappa shape index (κ2) is 5.48. The highest BCUT2D eigenvalue weighted by Crippen LogP contribution is 2.21. The maximum atomic E-state index is 13.1. The van der Waals surface area contributed by atoms with Crippen LogP contribution in [0.3, 0.4) is 0 Å². The largest absolute Gasteiger partial charge is 0.349 e. The Hall–Kier alpha value is -1.42. The third kappa shape index (κ3) is 2.88. The van der Waals surface area contributed by atoms with Gasteiger partial charge in [0.2, 0.25) is 0 Å². The number of amides is 1. The minimum Gasteiger partial charge on any atom is -0.349 e. The quantitative estimate of drug-likeness (QED) is 0.648. The van der Waals surface area contributed by atoms with Gasteiger partial charge < -0.3 is 5.32 Å². The van der Waals surface area contributed by atoms with Crippen LogP contribution in [0, 0.1) is 11.6 Å². The van der Waals surface area contributed by atoms with E-state index in [0.717, 1.165) is 31.4 Å². The Kier molecular flexibility index (Phi) is 3.97. The fourth-order valence-corrected chi connectivity index (χ4v) is 2.12. The van der Waals surface area contributed by atoms with Gasteiger partial charge in [0.15, 0.2) is 11.6 Å². The molecule has 0 fully saturated rings. The van der Waals surface area contributed by atoms with Crippen LogP contribution in [0.2, 0.25) is 5.02 Å². The van der Waals surface area contributed by atoms with Gasteiger partial charge in [-0.2, -0.15) is 0 Å². The van der Waals surface area contributed by atoms with Crippen molar-refractivity contribution in [2.75, 3.05) is 0 Å². The van der Waals surface area contributed by atoms with Crippen molar-refractivity contribution in [1.29, 1.82) is 0 Å². The lowest BCUT2D eigenvalue weighted by Crippen LogP contribution is -2.35. The van der Waals surface area contributed by atoms with Crippen LogP contribution in [0.1, 0.15) is 29.6 Å². The average molecular weight is 272 g/mol. The van der Waals surface area contributed by atoms with Crippen LogP contribution < -0.4 is 5.32 Å². The topological polar surface area (TPSA) is 29.1 Å². The summed E-state index contributed by atoms with van der Waals surface area (Å²) in [4.78, 5) is 11.9. The minimum absolute atomic E-state index is 0.0201. The summed E-state index contributed by atoms with van der Waals surface area (Å²) in [5, 5.41) is 2.67. The number of carbonyl (C=O) groups is 1. The lowest BCUT2D eigenvalue weighted by molar-refractivity contribution is 0.0934. The van der Waals surface area contributed by atoms with E-state index >= 15 is 0 Å². The van der Waals surface area contributed by atoms with E-state index in [0.29, 0.717) is 0 Å². The summed E-state index contributed by atoms with van der Waals surface area (Å²) in [6, 6.07) is 1.66. The number of halogens is 3. The highest BCUT2D eigenvalue weighted by atomic mass is 35.5. The van der Waals surface area contributed by atoms with Crippen LogP contribution in [0.15, 0.2) is 24.3 Å². The van der Waals surface area contributed by atoms with Crippen molar-refractivity contribution >= 4 is 17.5 Å². The average Bonchev–Trinajstić information content (AvgIpc) is 2.35. The van der Waals surface area contributed by atoms with Crippen molar-refractivity contribution < 1.29 is 13.6 Å². The molecule has 0 unspecified atom stereocenters. The molecule has 0 aromatic heterocycles. The zero-order valence-corrected chi connectivity index (χ0v) is 10.3. The van der Waals surface area contributed by atoms with Gasteiger partial charge in [-0.1, -0.05) is 23.8 Å². The van der Waals surface area contributed by atoms with Crippen molar-refractivity contribution in [3.8, 4) is 0 Å². The molecular formula is C13H12ClF2NO. The van der Waals surface area contributed by atoms with E-state index in [9.17, 15) is 13.6 Å². The Labute approximate surface area is 109 Å². The van der Waals surface area contributed by atoms with Crippen LogP contribution >= 0.6 is 11.6 Å². The molecule has 1 N–H and O–H groups in total. The molecule has 5 heteroatoms. The molecule has 1 aromatic rings. The first-order valence-electron chi connectivity index (χ1n) is 5.68. The molecular weight excluding hydrogens is 260 g/mol. The fourth-order valence-electron chi connectivity index (χ4n) is 1.88. The summed E-state index contributed by atoms with van der Waals surface area (Å²) in [7, 11) is 0. The maximum Gasteiger partial charge on any atom is 0.253 e.